The fourth-order valence-corrected chi connectivity index (χ4v) is 21.4. The van der Waals surface area contributed by atoms with Gasteiger partial charge in [0.1, 0.15) is 12.2 Å². The number of nitro benzene ring substituents is 1. The highest BCUT2D eigenvalue weighted by molar-refractivity contribution is 5.95. The highest BCUT2D eigenvalue weighted by Crippen LogP contribution is 2.41. The first-order chi connectivity index (χ1) is 72.4. The van der Waals surface area contributed by atoms with Crippen molar-refractivity contribution in [3.05, 3.63) is 210 Å². The SMILES string of the molecule is CCOC(=O)c1ccc(C2CCCCC2)c([N+](=O)[O-])c1.CCOC(=O)c1ccc(CC2CCCCCCC2)c(N(C)C)c1.CCOC(=O)c1ccc(CC2CCCCCCC2)c(NC(=O)OC(C)(C)C)c1.CCOC(=O)c1ccc(CC2CCCCCCC2)c(NC)c1.CCOC(=O)c1ccc(NC2CCC(N)CC2)c(N)c1.NCCOCCOC(=O)c1ccc(CC2CCCCC2)c(N)c1.Nc1ccccc1CC1CCCCC1. The van der Waals surface area contributed by atoms with Crippen LogP contribution in [0.15, 0.2) is 133 Å². The van der Waals surface area contributed by atoms with Gasteiger partial charge in [0.15, 0.2) is 0 Å². The number of esters is 6. The summed E-state index contributed by atoms with van der Waals surface area (Å²) in [5.74, 6) is 1.95. The van der Waals surface area contributed by atoms with Gasteiger partial charge in [-0.2, -0.15) is 0 Å². The summed E-state index contributed by atoms with van der Waals surface area (Å²) in [6.45, 7) is 17.7. The van der Waals surface area contributed by atoms with Crippen molar-refractivity contribution in [2.45, 2.75) is 368 Å². The molecule has 27 heteroatoms. The Balaban J connectivity index is 0.000000214. The highest BCUT2D eigenvalue weighted by Gasteiger charge is 2.30. The van der Waals surface area contributed by atoms with Gasteiger partial charge in [-0.3, -0.25) is 15.4 Å². The Morgan fingerprint density at radius 2 is 0.720 bits per heavy atom. The molecule has 0 heterocycles. The number of para-hydroxylation sites is 1. The van der Waals surface area contributed by atoms with Crippen LogP contribution in [0.25, 0.3) is 0 Å². The zero-order valence-corrected chi connectivity index (χ0v) is 92.7. The van der Waals surface area contributed by atoms with E-state index < -0.39 is 22.6 Å². The number of carbonyl (C=O) groups excluding carboxylic acids is 7. The second-order valence-corrected chi connectivity index (χ2v) is 42.7. The monoisotopic (exact) mass is 2070 g/mol. The van der Waals surface area contributed by atoms with E-state index in [0.29, 0.717) is 109 Å². The Labute approximate surface area is 896 Å². The molecule has 0 spiro atoms. The summed E-state index contributed by atoms with van der Waals surface area (Å²) in [5.41, 5.74) is 44.6. The summed E-state index contributed by atoms with van der Waals surface area (Å²) in [7, 11) is 6.02. The number of hydrogen-bond donors (Lipinski definition) is 8. The van der Waals surface area contributed by atoms with E-state index in [1.54, 1.807) is 69.3 Å². The summed E-state index contributed by atoms with van der Waals surface area (Å²) in [6.07, 6.45) is 56.1. The number of nitro groups is 1. The Hall–Kier alpha value is -11.3. The van der Waals surface area contributed by atoms with Crippen molar-refractivity contribution in [1.82, 2.24) is 0 Å². The quantitative estimate of drug-likeness (QED) is 0.00473. The van der Waals surface area contributed by atoms with E-state index in [9.17, 15) is 43.7 Å². The molecule has 150 heavy (non-hydrogen) atoms. The number of hydrogen-bond acceptors (Lipinski definition) is 25. The van der Waals surface area contributed by atoms with Crippen LogP contribution in [0.2, 0.25) is 0 Å². The first-order valence-electron chi connectivity index (χ1n) is 56.9. The minimum atomic E-state index is -0.581. The molecule has 0 aliphatic heterocycles. The number of nitrogen functional groups attached to an aromatic ring is 3. The van der Waals surface area contributed by atoms with Gasteiger partial charge in [-0.1, -0.05) is 267 Å². The molecule has 7 fully saturated rings. The van der Waals surface area contributed by atoms with Gasteiger partial charge in [-0.25, -0.2) is 33.6 Å². The second-order valence-electron chi connectivity index (χ2n) is 42.7. The minimum absolute atomic E-state index is 0.0439. The van der Waals surface area contributed by atoms with Crippen molar-refractivity contribution in [1.29, 1.82) is 0 Å². The van der Waals surface area contributed by atoms with Gasteiger partial charge in [-0.15, -0.1) is 0 Å². The molecule has 0 aromatic heterocycles. The van der Waals surface area contributed by atoms with Crippen molar-refractivity contribution in [3.63, 3.8) is 0 Å². The Morgan fingerprint density at radius 1 is 0.373 bits per heavy atom. The predicted octanol–water partition coefficient (Wildman–Crippen LogP) is 27.6. The number of carbonyl (C=O) groups is 7. The molecule has 0 bridgehead atoms. The number of nitrogens with zero attached hydrogens (tertiary/aromatic N) is 2. The maximum absolute atomic E-state index is 12.3. The van der Waals surface area contributed by atoms with E-state index in [-0.39, 0.29) is 60.2 Å². The molecule has 13 N–H and O–H groups in total. The van der Waals surface area contributed by atoms with Crippen LogP contribution in [-0.2, 0) is 70.0 Å². The zero-order valence-electron chi connectivity index (χ0n) is 92.7. The third-order valence-corrected chi connectivity index (χ3v) is 29.5. The van der Waals surface area contributed by atoms with Crippen molar-refractivity contribution in [2.75, 3.05) is 119 Å². The lowest BCUT2D eigenvalue weighted by atomic mass is 9.83. The van der Waals surface area contributed by atoms with E-state index in [4.69, 9.17) is 66.6 Å². The van der Waals surface area contributed by atoms with E-state index in [1.165, 1.54) is 235 Å². The molecule has 828 valence electrons. The third kappa shape index (κ3) is 45.7. The van der Waals surface area contributed by atoms with Crippen LogP contribution >= 0.6 is 0 Å². The maximum atomic E-state index is 12.3. The van der Waals surface area contributed by atoms with Crippen LogP contribution in [-0.4, -0.2) is 145 Å². The van der Waals surface area contributed by atoms with Crippen molar-refractivity contribution >= 4 is 87.4 Å². The smallest absolute Gasteiger partial charge is 0.412 e. The van der Waals surface area contributed by atoms with E-state index in [1.807, 2.05) is 110 Å². The average molecular weight is 2070 g/mol. The van der Waals surface area contributed by atoms with Crippen LogP contribution in [0, 0.1) is 39.7 Å². The Morgan fingerprint density at radius 3 is 1.13 bits per heavy atom. The van der Waals surface area contributed by atoms with Gasteiger partial charge >= 0.3 is 41.9 Å². The largest absolute Gasteiger partial charge is 0.462 e. The van der Waals surface area contributed by atoms with E-state index in [2.05, 4.69) is 45.1 Å². The molecule has 7 aromatic carbocycles. The normalized spacial score (nSPS) is 17.1. The van der Waals surface area contributed by atoms with Crippen molar-refractivity contribution in [2.24, 2.45) is 41.1 Å². The van der Waals surface area contributed by atoms with Crippen molar-refractivity contribution < 1.29 is 76.4 Å². The second kappa shape index (κ2) is 69.3. The minimum Gasteiger partial charge on any atom is -0.462 e. The lowest BCUT2D eigenvalue weighted by Gasteiger charge is -2.28. The average Bonchev–Trinajstić information content (AvgIpc) is 0.796. The number of ether oxygens (including phenoxy) is 8. The molecule has 7 aliphatic rings. The molecule has 0 radical (unpaired) electrons. The first-order valence-corrected chi connectivity index (χ1v) is 56.9. The summed E-state index contributed by atoms with van der Waals surface area (Å²) in [5, 5.41) is 20.8. The third-order valence-electron chi connectivity index (χ3n) is 29.5. The fourth-order valence-electron chi connectivity index (χ4n) is 21.4. The van der Waals surface area contributed by atoms with Crippen LogP contribution in [0.1, 0.15) is 414 Å². The van der Waals surface area contributed by atoms with Gasteiger partial charge in [-0.05, 0) is 268 Å². The van der Waals surface area contributed by atoms with Crippen LogP contribution in [0.4, 0.5) is 50.3 Å². The van der Waals surface area contributed by atoms with Crippen LogP contribution in [0.3, 0.4) is 0 Å². The molecule has 7 aromatic rings. The number of benzene rings is 7. The van der Waals surface area contributed by atoms with E-state index >= 15 is 0 Å². The Kier molecular flexibility index (Phi) is 57.2. The highest BCUT2D eigenvalue weighted by atomic mass is 16.6. The van der Waals surface area contributed by atoms with Gasteiger partial charge in [0.05, 0.1) is 95.9 Å². The lowest BCUT2D eigenvalue weighted by molar-refractivity contribution is -0.385. The van der Waals surface area contributed by atoms with Crippen LogP contribution in [0.5, 0.6) is 0 Å². The molecule has 0 saturated heterocycles. The number of anilines is 7. The molecule has 7 aliphatic carbocycles. The van der Waals surface area contributed by atoms with Gasteiger partial charge in [0.2, 0.25) is 0 Å². The molecular weight excluding hydrogens is 1890 g/mol. The Bertz CT molecular complexity index is 5160. The van der Waals surface area contributed by atoms with Crippen LogP contribution < -0.4 is 49.5 Å². The lowest BCUT2D eigenvalue weighted by Crippen LogP contribution is -2.33. The molecule has 14 rings (SSSR count). The van der Waals surface area contributed by atoms with Gasteiger partial charge in [0.25, 0.3) is 5.69 Å². The standard InChI is InChI=1S/C23H35NO4.C20H31NO2.C19H29NO2.C18H28N2O3.C15H23N3O2.C15H19NO4.C13H19N/c1-5-27-21(25)19-14-13-18(15-17-11-9-7-6-8-10-12-17)20(16-19)24-22(26)28-23(2,3)4;1-4-23-20(22)18-13-12-17(19(15-18)21(2)3)14-16-10-8-6-5-7-9-11-16;1-3-22-19(21)17-12-11-16(18(14-17)20-2)13-15-9-7-5-4-6-8-10-15;19-8-9-22-10-11-23-18(21)16-7-6-15(17(20)13-16)12-14-4-2-1-3-5-14;1-2-20-15(19)10-3-8-14(13(17)9-10)18-12-6-4-11(16)5-7-12;1-2-20-15(17)12-8-9-13(14(10-12)16(18)19)11-6-4-3-5-7-11;14-13-9-5-4-8-12(13)10-11-6-2-1-3-7-11/h13-14,16-17H,5-12,15H2,1-4H3,(H,24,26);12-13,15-16H,4-11,14H2,1-3H3;11-12,14-15,20H,3-10,13H2,1-2H3;6-7,13-14H,1-5,8-12,19-20H2;3,8-9,11-12,18H,2,4-7,16-17H2,1H3;8-11H,2-7H2,1H3;4-5,8-9,11H,1-3,6-7,10,14H2. The fraction of sp³-hybridized carbons (Fsp3) is 0.602. The summed E-state index contributed by atoms with van der Waals surface area (Å²) < 4.78 is 40.9. The first kappa shape index (κ1) is 124. The molecule has 1 amide bonds. The van der Waals surface area contributed by atoms with Crippen molar-refractivity contribution in [3.8, 4) is 0 Å². The molecule has 0 atom stereocenters. The molecule has 7 saturated carbocycles. The zero-order chi connectivity index (χ0) is 108. The molecule has 27 nitrogen and oxygen atoms in total. The summed E-state index contributed by atoms with van der Waals surface area (Å²) in [6, 6.07) is 41.9. The number of rotatable bonds is 33. The number of amides is 1. The number of nitrogens with one attached hydrogen (secondary N) is 3. The number of nitrogens with two attached hydrogens (primary N) is 5. The maximum Gasteiger partial charge on any atom is 0.412 e. The summed E-state index contributed by atoms with van der Waals surface area (Å²) >= 11 is 0. The molecular formula is C123H184N10O17. The van der Waals surface area contributed by atoms with Gasteiger partial charge in [0, 0.05) is 79.8 Å². The van der Waals surface area contributed by atoms with E-state index in [0.717, 1.165) is 140 Å². The predicted molar refractivity (Wildman–Crippen MR) is 607 cm³/mol. The topological polar surface area (TPSA) is 406 Å². The van der Waals surface area contributed by atoms with Gasteiger partial charge < -0.3 is 82.1 Å². The summed E-state index contributed by atoms with van der Waals surface area (Å²) in [4.78, 5) is 96.5. The molecule has 0 unspecified atom stereocenters.